The van der Waals surface area contributed by atoms with Crippen LogP contribution < -0.4 is 5.32 Å². The molecule has 0 fully saturated rings. The summed E-state index contributed by atoms with van der Waals surface area (Å²) in [5.41, 5.74) is 1.28. The third-order valence-electron chi connectivity index (χ3n) is 1.15. The zero-order valence-corrected chi connectivity index (χ0v) is 5.52. The summed E-state index contributed by atoms with van der Waals surface area (Å²) < 4.78 is 0. The van der Waals surface area contributed by atoms with E-state index in [1.54, 1.807) is 0 Å². The maximum Gasteiger partial charge on any atom is 0.0202 e. The van der Waals surface area contributed by atoms with E-state index in [2.05, 4.69) is 17.4 Å². The van der Waals surface area contributed by atoms with Crippen LogP contribution in [-0.4, -0.2) is 7.05 Å². The van der Waals surface area contributed by atoms with Crippen molar-refractivity contribution >= 4 is 0 Å². The molecule has 1 N–H and O–H groups in total. The van der Waals surface area contributed by atoms with Crippen molar-refractivity contribution < 1.29 is 0 Å². The summed E-state index contributed by atoms with van der Waals surface area (Å²) >= 11 is 0. The van der Waals surface area contributed by atoms with Crippen LogP contribution in [-0.2, 0) is 6.54 Å². The van der Waals surface area contributed by atoms with E-state index in [4.69, 9.17) is 0 Å². The molecule has 1 rings (SSSR count). The van der Waals surface area contributed by atoms with E-state index >= 15 is 0 Å². The molecule has 0 saturated heterocycles. The fourth-order valence-corrected chi connectivity index (χ4v) is 0.745. The number of hydrogen-bond donors (Lipinski definition) is 1. The van der Waals surface area contributed by atoms with Gasteiger partial charge in [-0.3, -0.25) is 0 Å². The first kappa shape index (κ1) is 6.30. The molecule has 1 aromatic rings. The van der Waals surface area contributed by atoms with Gasteiger partial charge in [-0.1, -0.05) is 18.2 Å². The maximum atomic E-state index is 3.06. The molecule has 0 aliphatic rings. The van der Waals surface area contributed by atoms with Crippen LogP contribution in [0.1, 0.15) is 5.56 Å². The molecule has 0 amide bonds. The van der Waals surface area contributed by atoms with Crippen molar-refractivity contribution in [2.75, 3.05) is 7.05 Å². The first-order chi connectivity index (χ1) is 4.43. The highest BCUT2D eigenvalue weighted by atomic mass is 14.8. The Hall–Kier alpha value is -0.820. The van der Waals surface area contributed by atoms with Gasteiger partial charge in [-0.2, -0.15) is 0 Å². The van der Waals surface area contributed by atoms with Gasteiger partial charge >= 0.3 is 0 Å². The van der Waals surface area contributed by atoms with Crippen LogP contribution in [0, 0.1) is 6.07 Å². The molecule has 0 unspecified atom stereocenters. The molecule has 0 aliphatic heterocycles. The van der Waals surface area contributed by atoms with Gasteiger partial charge in [-0.25, -0.2) is 0 Å². The van der Waals surface area contributed by atoms with Crippen molar-refractivity contribution in [1.29, 1.82) is 0 Å². The van der Waals surface area contributed by atoms with E-state index in [0.717, 1.165) is 6.54 Å². The Morgan fingerprint density at radius 3 is 3.11 bits per heavy atom. The number of nitrogens with one attached hydrogen (secondary N) is 1. The second-order valence-corrected chi connectivity index (χ2v) is 1.94. The SMILES string of the molecule is CNCc1c[c]ccc1. The molecule has 0 saturated carbocycles. The van der Waals surface area contributed by atoms with E-state index in [1.165, 1.54) is 5.56 Å². The molecule has 47 valence electrons. The number of hydrogen-bond acceptors (Lipinski definition) is 1. The standard InChI is InChI=1S/C8H10N/c1-9-7-8-5-3-2-4-6-8/h2-3,5-6,9H,7H2,1H3. The predicted octanol–water partition coefficient (Wildman–Crippen LogP) is 1.21. The summed E-state index contributed by atoms with van der Waals surface area (Å²) in [4.78, 5) is 0. The van der Waals surface area contributed by atoms with Gasteiger partial charge in [-0.15, -0.1) is 0 Å². The molecule has 0 spiro atoms. The Labute approximate surface area is 55.7 Å². The summed E-state index contributed by atoms with van der Waals surface area (Å²) in [5, 5.41) is 3.06. The lowest BCUT2D eigenvalue weighted by Crippen LogP contribution is -2.04. The van der Waals surface area contributed by atoms with Crippen molar-refractivity contribution in [3.63, 3.8) is 0 Å². The van der Waals surface area contributed by atoms with Crippen molar-refractivity contribution in [3.8, 4) is 0 Å². The van der Waals surface area contributed by atoms with Gasteiger partial charge in [-0.05, 0) is 24.7 Å². The summed E-state index contributed by atoms with van der Waals surface area (Å²) in [6, 6.07) is 11.0. The molecular formula is C8H10N. The lowest BCUT2D eigenvalue weighted by Gasteiger charge is -1.95. The minimum atomic E-state index is 0.928. The van der Waals surface area contributed by atoms with Crippen LogP contribution >= 0.6 is 0 Å². The van der Waals surface area contributed by atoms with Crippen molar-refractivity contribution in [2.24, 2.45) is 0 Å². The van der Waals surface area contributed by atoms with E-state index in [9.17, 15) is 0 Å². The minimum Gasteiger partial charge on any atom is -0.316 e. The van der Waals surface area contributed by atoms with E-state index in [-0.39, 0.29) is 0 Å². The fourth-order valence-electron chi connectivity index (χ4n) is 0.745. The van der Waals surface area contributed by atoms with Gasteiger partial charge in [0.1, 0.15) is 0 Å². The van der Waals surface area contributed by atoms with Gasteiger partial charge < -0.3 is 5.32 Å². The molecule has 0 bridgehead atoms. The average Bonchev–Trinajstić information content (AvgIpc) is 1.91. The van der Waals surface area contributed by atoms with Crippen LogP contribution in [0.25, 0.3) is 0 Å². The zero-order valence-electron chi connectivity index (χ0n) is 5.52. The largest absolute Gasteiger partial charge is 0.316 e. The second-order valence-electron chi connectivity index (χ2n) is 1.94. The van der Waals surface area contributed by atoms with E-state index in [1.807, 2.05) is 25.2 Å². The highest BCUT2D eigenvalue weighted by Crippen LogP contribution is 1.94. The van der Waals surface area contributed by atoms with Gasteiger partial charge in [0, 0.05) is 6.54 Å². The Kier molecular flexibility index (Phi) is 2.28. The van der Waals surface area contributed by atoms with Crippen LogP contribution in [0.4, 0.5) is 0 Å². The average molecular weight is 120 g/mol. The summed E-state index contributed by atoms with van der Waals surface area (Å²) in [5.74, 6) is 0. The Balaban J connectivity index is 2.61. The summed E-state index contributed by atoms with van der Waals surface area (Å²) in [6.45, 7) is 0.928. The van der Waals surface area contributed by atoms with Crippen LogP contribution in [0.2, 0.25) is 0 Å². The van der Waals surface area contributed by atoms with Gasteiger partial charge in [0.15, 0.2) is 0 Å². The first-order valence-electron chi connectivity index (χ1n) is 3.03. The predicted molar refractivity (Wildman–Crippen MR) is 38.0 cm³/mol. The number of benzene rings is 1. The highest BCUT2D eigenvalue weighted by Gasteiger charge is 1.83. The smallest absolute Gasteiger partial charge is 0.0202 e. The molecular weight excluding hydrogens is 110 g/mol. The van der Waals surface area contributed by atoms with Gasteiger partial charge in [0.25, 0.3) is 0 Å². The summed E-state index contributed by atoms with van der Waals surface area (Å²) in [6.07, 6.45) is 0. The Bertz CT molecular complexity index is 157. The molecule has 0 aromatic heterocycles. The quantitative estimate of drug-likeness (QED) is 0.618. The van der Waals surface area contributed by atoms with Crippen LogP contribution in [0.5, 0.6) is 0 Å². The van der Waals surface area contributed by atoms with Crippen molar-refractivity contribution in [1.82, 2.24) is 5.32 Å². The maximum absolute atomic E-state index is 3.06. The summed E-state index contributed by atoms with van der Waals surface area (Å²) in [7, 11) is 1.94. The van der Waals surface area contributed by atoms with Crippen LogP contribution in [0.3, 0.4) is 0 Å². The molecule has 1 heteroatoms. The normalized spacial score (nSPS) is 9.44. The zero-order chi connectivity index (χ0) is 6.53. The second kappa shape index (κ2) is 3.25. The third-order valence-corrected chi connectivity index (χ3v) is 1.15. The molecule has 1 radical (unpaired) electrons. The number of rotatable bonds is 2. The fraction of sp³-hybridized carbons (Fsp3) is 0.250. The van der Waals surface area contributed by atoms with E-state index in [0.29, 0.717) is 0 Å². The Morgan fingerprint density at radius 1 is 1.67 bits per heavy atom. The minimum absolute atomic E-state index is 0.928. The first-order valence-corrected chi connectivity index (χ1v) is 3.03. The Morgan fingerprint density at radius 2 is 2.56 bits per heavy atom. The molecule has 0 heterocycles. The lowest BCUT2D eigenvalue weighted by molar-refractivity contribution is 0.818. The third kappa shape index (κ3) is 1.86. The monoisotopic (exact) mass is 120 g/mol. The van der Waals surface area contributed by atoms with Crippen molar-refractivity contribution in [3.05, 3.63) is 35.9 Å². The molecule has 1 nitrogen and oxygen atoms in total. The lowest BCUT2D eigenvalue weighted by atomic mass is 10.2. The van der Waals surface area contributed by atoms with E-state index < -0.39 is 0 Å². The molecule has 9 heavy (non-hydrogen) atoms. The van der Waals surface area contributed by atoms with Gasteiger partial charge in [0.05, 0.1) is 0 Å². The van der Waals surface area contributed by atoms with Gasteiger partial charge in [0.2, 0.25) is 0 Å². The molecule has 1 aromatic carbocycles. The highest BCUT2D eigenvalue weighted by molar-refractivity contribution is 5.12. The molecule has 0 aliphatic carbocycles. The molecule has 0 atom stereocenters. The topological polar surface area (TPSA) is 12.0 Å². The van der Waals surface area contributed by atoms with Crippen LogP contribution in [0.15, 0.2) is 24.3 Å². The van der Waals surface area contributed by atoms with Crippen molar-refractivity contribution in [2.45, 2.75) is 6.54 Å².